The van der Waals surface area contributed by atoms with Crippen molar-refractivity contribution >= 4 is 30.7 Å². The minimum absolute atomic E-state index is 0.788. The van der Waals surface area contributed by atoms with E-state index >= 15 is 0 Å². The molecule has 3 aromatic rings. The van der Waals surface area contributed by atoms with Gasteiger partial charge in [0.15, 0.2) is 5.82 Å². The number of imidazole rings is 1. The van der Waals surface area contributed by atoms with Gasteiger partial charge >= 0.3 is 0 Å². The van der Waals surface area contributed by atoms with Crippen LogP contribution in [-0.4, -0.2) is 24.0 Å². The lowest BCUT2D eigenvalue weighted by Crippen LogP contribution is -2.29. The van der Waals surface area contributed by atoms with Gasteiger partial charge in [0.2, 0.25) is 8.32 Å². The van der Waals surface area contributed by atoms with Crippen molar-refractivity contribution in [1.29, 1.82) is 0 Å². The summed E-state index contributed by atoms with van der Waals surface area (Å²) in [7, 11) is -1.70. The second-order valence-electron chi connectivity index (χ2n) is 6.99. The second kappa shape index (κ2) is 6.24. The zero-order valence-corrected chi connectivity index (χ0v) is 15.8. The summed E-state index contributed by atoms with van der Waals surface area (Å²) in [5, 5.41) is 0. The summed E-state index contributed by atoms with van der Waals surface area (Å²) in [6, 6.07) is 14.1. The average Bonchev–Trinajstić information content (AvgIpc) is 2.92. The maximum Gasteiger partial charge on any atom is 0.242 e. The Morgan fingerprint density at radius 3 is 2.58 bits per heavy atom. The predicted molar refractivity (Wildman–Crippen MR) is 103 cm³/mol. The van der Waals surface area contributed by atoms with Gasteiger partial charge in [-0.15, -0.1) is 0 Å². The van der Waals surface area contributed by atoms with Crippen molar-refractivity contribution in [3.63, 3.8) is 0 Å². The molecule has 0 saturated carbocycles. The van der Waals surface area contributed by atoms with Gasteiger partial charge in [-0.05, 0) is 63.3 Å². The SMILES string of the molecule is CC(=Nc1ccc(C)cc1O[Si](C)(C)C)c1nc2ccccc2[nH]1. The minimum Gasteiger partial charge on any atom is -0.543 e. The molecule has 0 unspecified atom stereocenters. The summed E-state index contributed by atoms with van der Waals surface area (Å²) in [6.45, 7) is 10.6. The van der Waals surface area contributed by atoms with Crippen LogP contribution in [0.3, 0.4) is 0 Å². The van der Waals surface area contributed by atoms with E-state index in [1.165, 1.54) is 5.56 Å². The lowest BCUT2D eigenvalue weighted by molar-refractivity contribution is 0.558. The molecular formula is C19H23N3OSi. The van der Waals surface area contributed by atoms with Gasteiger partial charge < -0.3 is 9.41 Å². The molecule has 4 nitrogen and oxygen atoms in total. The van der Waals surface area contributed by atoms with E-state index in [1.54, 1.807) is 0 Å². The number of fused-ring (bicyclic) bond motifs is 1. The van der Waals surface area contributed by atoms with E-state index in [0.29, 0.717) is 0 Å². The molecule has 3 rings (SSSR count). The van der Waals surface area contributed by atoms with Gasteiger partial charge in [0.1, 0.15) is 11.4 Å². The molecule has 0 amide bonds. The van der Waals surface area contributed by atoms with Gasteiger partial charge in [0.05, 0.1) is 16.7 Å². The Balaban J connectivity index is 2.00. The summed E-state index contributed by atoms with van der Waals surface area (Å²) >= 11 is 0. The van der Waals surface area contributed by atoms with Crippen LogP contribution in [0.2, 0.25) is 19.6 Å². The van der Waals surface area contributed by atoms with E-state index in [1.807, 2.05) is 37.3 Å². The van der Waals surface area contributed by atoms with E-state index in [2.05, 4.69) is 48.7 Å². The highest BCUT2D eigenvalue weighted by Crippen LogP contribution is 2.31. The van der Waals surface area contributed by atoms with Crippen molar-refractivity contribution in [1.82, 2.24) is 9.97 Å². The normalized spacial score (nSPS) is 12.6. The van der Waals surface area contributed by atoms with E-state index in [4.69, 9.17) is 9.42 Å². The maximum atomic E-state index is 6.21. The van der Waals surface area contributed by atoms with Crippen molar-refractivity contribution in [2.75, 3.05) is 0 Å². The Hall–Kier alpha value is -2.40. The van der Waals surface area contributed by atoms with Gasteiger partial charge in [0.25, 0.3) is 0 Å². The number of para-hydroxylation sites is 2. The van der Waals surface area contributed by atoms with Crippen LogP contribution in [-0.2, 0) is 0 Å². The molecule has 0 aliphatic rings. The third-order valence-corrected chi connectivity index (χ3v) is 4.38. The van der Waals surface area contributed by atoms with Crippen LogP contribution >= 0.6 is 0 Å². The Kier molecular flexibility index (Phi) is 4.28. The quantitative estimate of drug-likeness (QED) is 0.524. The molecule has 0 fully saturated rings. The van der Waals surface area contributed by atoms with Crippen molar-refractivity contribution in [2.24, 2.45) is 4.99 Å². The van der Waals surface area contributed by atoms with Gasteiger partial charge in [-0.25, -0.2) is 9.98 Å². The molecule has 0 atom stereocenters. The maximum absolute atomic E-state index is 6.21. The average molecular weight is 337 g/mol. The number of rotatable bonds is 4. The zero-order valence-electron chi connectivity index (χ0n) is 14.8. The fourth-order valence-corrected chi connectivity index (χ4v) is 3.31. The Morgan fingerprint density at radius 2 is 1.88 bits per heavy atom. The number of aromatic amines is 1. The van der Waals surface area contributed by atoms with E-state index in [9.17, 15) is 0 Å². The molecule has 124 valence electrons. The van der Waals surface area contributed by atoms with E-state index < -0.39 is 8.32 Å². The Morgan fingerprint density at radius 1 is 1.12 bits per heavy atom. The summed E-state index contributed by atoms with van der Waals surface area (Å²) in [6.07, 6.45) is 0. The summed E-state index contributed by atoms with van der Waals surface area (Å²) < 4.78 is 6.21. The lowest BCUT2D eigenvalue weighted by atomic mass is 10.2. The van der Waals surface area contributed by atoms with Gasteiger partial charge in [-0.3, -0.25) is 0 Å². The van der Waals surface area contributed by atoms with Crippen LogP contribution in [0.25, 0.3) is 11.0 Å². The highest BCUT2D eigenvalue weighted by atomic mass is 28.4. The summed E-state index contributed by atoms with van der Waals surface area (Å²) in [4.78, 5) is 12.7. The molecule has 1 N–H and O–H groups in total. The highest BCUT2D eigenvalue weighted by Gasteiger charge is 2.18. The van der Waals surface area contributed by atoms with Crippen LogP contribution in [0.15, 0.2) is 47.5 Å². The number of benzene rings is 2. The van der Waals surface area contributed by atoms with E-state index in [0.717, 1.165) is 34.0 Å². The van der Waals surface area contributed by atoms with E-state index in [-0.39, 0.29) is 0 Å². The second-order valence-corrected chi connectivity index (χ2v) is 11.4. The first-order valence-electron chi connectivity index (χ1n) is 8.12. The molecule has 0 saturated heterocycles. The highest BCUT2D eigenvalue weighted by molar-refractivity contribution is 6.70. The van der Waals surface area contributed by atoms with Crippen molar-refractivity contribution in [2.45, 2.75) is 33.5 Å². The number of aryl methyl sites for hydroxylation is 1. The molecule has 0 radical (unpaired) electrons. The number of aromatic nitrogens is 2. The topological polar surface area (TPSA) is 50.3 Å². The van der Waals surface area contributed by atoms with Gasteiger partial charge in [0, 0.05) is 0 Å². The third-order valence-electron chi connectivity index (χ3n) is 3.55. The molecule has 0 aliphatic carbocycles. The fraction of sp³-hybridized carbons (Fsp3) is 0.263. The number of nitrogens with one attached hydrogen (secondary N) is 1. The van der Waals surface area contributed by atoms with Crippen molar-refractivity contribution < 1.29 is 4.43 Å². The number of hydrogen-bond acceptors (Lipinski definition) is 3. The standard InChI is InChI=1S/C19H23N3OSi/c1-13-10-11-17(18(12-13)23-24(3,4)5)20-14(2)19-21-15-8-6-7-9-16(15)22-19/h6-12H,1-5H3,(H,21,22). The largest absolute Gasteiger partial charge is 0.543 e. The summed E-state index contributed by atoms with van der Waals surface area (Å²) in [5.74, 6) is 1.64. The van der Waals surface area contributed by atoms with Crippen LogP contribution in [0.1, 0.15) is 18.3 Å². The molecule has 0 aliphatic heterocycles. The van der Waals surface area contributed by atoms with Gasteiger partial charge in [-0.1, -0.05) is 18.2 Å². The first-order valence-corrected chi connectivity index (χ1v) is 11.5. The molecule has 1 aromatic heterocycles. The molecular weight excluding hydrogens is 314 g/mol. The number of aliphatic imine (C=N–C) groups is 1. The third kappa shape index (κ3) is 3.74. The number of nitrogens with zero attached hydrogens (tertiary/aromatic N) is 2. The molecule has 1 heterocycles. The number of H-pyrrole nitrogens is 1. The zero-order chi connectivity index (χ0) is 17.3. The first-order chi connectivity index (χ1) is 11.3. The van der Waals surface area contributed by atoms with Crippen LogP contribution in [0.4, 0.5) is 5.69 Å². The number of hydrogen-bond donors (Lipinski definition) is 1. The Bertz CT molecular complexity index is 873. The first kappa shape index (κ1) is 16.5. The smallest absolute Gasteiger partial charge is 0.242 e. The van der Waals surface area contributed by atoms with Crippen molar-refractivity contribution in [3.05, 3.63) is 53.9 Å². The fourth-order valence-electron chi connectivity index (χ4n) is 2.48. The predicted octanol–water partition coefficient (Wildman–Crippen LogP) is 5.23. The Labute approximate surface area is 143 Å². The van der Waals surface area contributed by atoms with Crippen LogP contribution in [0.5, 0.6) is 5.75 Å². The molecule has 24 heavy (non-hydrogen) atoms. The monoisotopic (exact) mass is 337 g/mol. The molecule has 0 spiro atoms. The minimum atomic E-state index is -1.70. The molecule has 0 bridgehead atoms. The van der Waals surface area contributed by atoms with Crippen LogP contribution < -0.4 is 4.43 Å². The van der Waals surface area contributed by atoms with Crippen LogP contribution in [0, 0.1) is 6.92 Å². The van der Waals surface area contributed by atoms with Gasteiger partial charge in [-0.2, -0.15) is 0 Å². The van der Waals surface area contributed by atoms with Crippen molar-refractivity contribution in [3.8, 4) is 5.75 Å². The molecule has 2 aromatic carbocycles. The summed E-state index contributed by atoms with van der Waals surface area (Å²) in [5.41, 5.74) is 4.83. The lowest BCUT2D eigenvalue weighted by Gasteiger charge is -2.21. The molecule has 5 heteroatoms.